The molecule has 0 bridgehead atoms. The molecule has 0 N–H and O–H groups in total. The van der Waals surface area contributed by atoms with Crippen molar-refractivity contribution in [3.8, 4) is 0 Å². The number of aromatic nitrogens is 4. The van der Waals surface area contributed by atoms with Crippen LogP contribution >= 0.6 is 0 Å². The van der Waals surface area contributed by atoms with Crippen LogP contribution in [0.5, 0.6) is 0 Å². The van der Waals surface area contributed by atoms with Gasteiger partial charge in [-0.2, -0.15) is 0 Å². The maximum Gasteiger partial charge on any atom is 0.267 e. The smallest absolute Gasteiger partial charge is 0.227 e. The van der Waals surface area contributed by atoms with E-state index in [1.54, 1.807) is 16.8 Å². The third kappa shape index (κ3) is 1.86. The lowest BCUT2D eigenvalue weighted by Gasteiger charge is -2.30. The van der Waals surface area contributed by atoms with E-state index in [0.29, 0.717) is 10.8 Å². The normalized spacial score (nSPS) is 24.1. The molecule has 1 aliphatic heterocycles. The van der Waals surface area contributed by atoms with Gasteiger partial charge in [-0.05, 0) is 42.3 Å². The fraction of sp³-hybridized carbons (Fsp3) is 0.500. The summed E-state index contributed by atoms with van der Waals surface area (Å²) in [6, 6.07) is 6.87. The maximum atomic E-state index is 13.1. The molecule has 2 aliphatic rings. The van der Waals surface area contributed by atoms with Crippen LogP contribution in [0.2, 0.25) is 0 Å². The Morgan fingerprint density at radius 1 is 1.09 bits per heavy atom. The quantitative estimate of drug-likeness (QED) is 0.841. The molecule has 116 valence electrons. The zero-order valence-electron chi connectivity index (χ0n) is 12.3. The number of fused-ring (bicyclic) bond motifs is 3. The minimum atomic E-state index is -3.64. The van der Waals surface area contributed by atoms with Crippen molar-refractivity contribution in [2.45, 2.75) is 49.6 Å². The second-order valence-electron chi connectivity index (χ2n) is 5.96. The van der Waals surface area contributed by atoms with Crippen molar-refractivity contribution in [3.05, 3.63) is 29.8 Å². The Balaban J connectivity index is 1.82. The molecule has 1 aromatic heterocycles. The summed E-state index contributed by atoms with van der Waals surface area (Å²) >= 11 is 0. The van der Waals surface area contributed by atoms with Crippen LogP contribution in [0.3, 0.4) is 0 Å². The maximum absolute atomic E-state index is 13.1. The molecule has 0 amide bonds. The molecule has 2 heterocycles. The molecule has 0 unspecified atom stereocenters. The van der Waals surface area contributed by atoms with Crippen molar-refractivity contribution in [1.29, 1.82) is 0 Å². The van der Waals surface area contributed by atoms with Crippen LogP contribution in [0.25, 0.3) is 0 Å². The first kappa shape index (κ1) is 13.7. The first-order chi connectivity index (χ1) is 10.6. The van der Waals surface area contributed by atoms with Crippen LogP contribution < -0.4 is 4.31 Å². The number of rotatable bonds is 2. The predicted octanol–water partition coefficient (Wildman–Crippen LogP) is 1.67. The predicted molar refractivity (Wildman–Crippen MR) is 80.0 cm³/mol. The highest BCUT2D eigenvalue weighted by Crippen LogP contribution is 2.43. The summed E-state index contributed by atoms with van der Waals surface area (Å²) in [7, 11) is -3.64. The third-order valence-electron chi connectivity index (χ3n) is 4.56. The van der Waals surface area contributed by atoms with Gasteiger partial charge in [-0.3, -0.25) is 0 Å². The average Bonchev–Trinajstić information content (AvgIpc) is 3.07. The average molecular weight is 319 g/mol. The van der Waals surface area contributed by atoms with E-state index in [-0.39, 0.29) is 12.1 Å². The first-order valence-electron chi connectivity index (χ1n) is 7.48. The largest absolute Gasteiger partial charge is 0.267 e. The molecule has 1 aromatic carbocycles. The summed E-state index contributed by atoms with van der Waals surface area (Å²) in [5.41, 5.74) is 1.03. The Hall–Kier alpha value is -1.96. The van der Waals surface area contributed by atoms with Gasteiger partial charge in [0.1, 0.15) is 0 Å². The summed E-state index contributed by atoms with van der Waals surface area (Å²) in [5.74, 6) is 0.345. The van der Waals surface area contributed by atoms with E-state index in [1.807, 2.05) is 19.1 Å². The van der Waals surface area contributed by atoms with E-state index < -0.39 is 10.0 Å². The Labute approximate surface area is 129 Å². The van der Waals surface area contributed by atoms with Crippen LogP contribution in [0.4, 0.5) is 5.95 Å². The molecule has 1 fully saturated rings. The van der Waals surface area contributed by atoms with Gasteiger partial charge < -0.3 is 0 Å². The molecule has 22 heavy (non-hydrogen) atoms. The second-order valence-corrected chi connectivity index (χ2v) is 7.77. The fourth-order valence-corrected chi connectivity index (χ4v) is 5.10. The molecule has 0 radical (unpaired) electrons. The van der Waals surface area contributed by atoms with Crippen molar-refractivity contribution in [2.24, 2.45) is 0 Å². The summed E-state index contributed by atoms with van der Waals surface area (Å²) in [5, 5.41) is 11.6. The SMILES string of the molecule is Cc1ccc(S(=O)(=O)N2c3nnnn3[C@@H]3CCCC[C@H]32)cc1. The molecule has 0 spiro atoms. The fourth-order valence-electron chi connectivity index (χ4n) is 3.46. The number of nitrogens with zero attached hydrogens (tertiary/aromatic N) is 5. The Morgan fingerprint density at radius 3 is 2.50 bits per heavy atom. The van der Waals surface area contributed by atoms with E-state index >= 15 is 0 Å². The van der Waals surface area contributed by atoms with Crippen LogP contribution in [0.15, 0.2) is 29.2 Å². The highest BCUT2D eigenvalue weighted by Gasteiger charge is 2.48. The van der Waals surface area contributed by atoms with Crippen LogP contribution in [-0.2, 0) is 10.0 Å². The molecular formula is C14H17N5O2S. The molecule has 8 heteroatoms. The van der Waals surface area contributed by atoms with Gasteiger partial charge in [0.15, 0.2) is 0 Å². The molecule has 1 saturated carbocycles. The zero-order valence-corrected chi connectivity index (χ0v) is 13.1. The van der Waals surface area contributed by atoms with E-state index in [9.17, 15) is 8.42 Å². The Kier molecular flexibility index (Phi) is 2.97. The molecule has 1 aliphatic carbocycles. The molecule has 0 saturated heterocycles. The van der Waals surface area contributed by atoms with Gasteiger partial charge in [0.05, 0.1) is 17.0 Å². The van der Waals surface area contributed by atoms with Gasteiger partial charge in [0, 0.05) is 0 Å². The first-order valence-corrected chi connectivity index (χ1v) is 8.92. The number of hydrogen-bond donors (Lipinski definition) is 0. The summed E-state index contributed by atoms with van der Waals surface area (Å²) in [6.07, 6.45) is 3.86. The molecule has 4 rings (SSSR count). The lowest BCUT2D eigenvalue weighted by molar-refractivity contribution is 0.318. The van der Waals surface area contributed by atoms with Gasteiger partial charge in [0.25, 0.3) is 16.0 Å². The number of sulfonamides is 1. The summed E-state index contributed by atoms with van der Waals surface area (Å²) < 4.78 is 29.3. The molecule has 2 aromatic rings. The second kappa shape index (κ2) is 4.77. The molecular weight excluding hydrogens is 302 g/mol. The molecule has 2 atom stereocenters. The van der Waals surface area contributed by atoms with Crippen molar-refractivity contribution < 1.29 is 8.42 Å². The highest BCUT2D eigenvalue weighted by molar-refractivity contribution is 7.92. The summed E-state index contributed by atoms with van der Waals surface area (Å²) in [4.78, 5) is 0.291. The van der Waals surface area contributed by atoms with Crippen molar-refractivity contribution >= 4 is 16.0 Å². The number of tetrazole rings is 1. The Bertz CT molecular complexity index is 799. The summed E-state index contributed by atoms with van der Waals surface area (Å²) in [6.45, 7) is 1.93. The van der Waals surface area contributed by atoms with Gasteiger partial charge in [-0.15, -0.1) is 0 Å². The zero-order chi connectivity index (χ0) is 15.3. The minimum Gasteiger partial charge on any atom is -0.227 e. The van der Waals surface area contributed by atoms with Crippen molar-refractivity contribution in [2.75, 3.05) is 4.31 Å². The lowest BCUT2D eigenvalue weighted by Crippen LogP contribution is -2.41. The van der Waals surface area contributed by atoms with E-state index in [1.165, 1.54) is 4.31 Å². The van der Waals surface area contributed by atoms with Gasteiger partial charge in [0.2, 0.25) is 0 Å². The van der Waals surface area contributed by atoms with E-state index in [0.717, 1.165) is 31.2 Å². The molecule has 7 nitrogen and oxygen atoms in total. The number of benzene rings is 1. The van der Waals surface area contributed by atoms with Crippen LogP contribution in [-0.4, -0.2) is 34.7 Å². The van der Waals surface area contributed by atoms with Crippen molar-refractivity contribution in [3.63, 3.8) is 0 Å². The van der Waals surface area contributed by atoms with E-state index in [2.05, 4.69) is 15.5 Å². The Morgan fingerprint density at radius 2 is 1.77 bits per heavy atom. The number of hydrogen-bond acceptors (Lipinski definition) is 5. The van der Waals surface area contributed by atoms with Gasteiger partial charge in [-0.25, -0.2) is 17.4 Å². The van der Waals surface area contributed by atoms with Gasteiger partial charge in [-0.1, -0.05) is 35.6 Å². The van der Waals surface area contributed by atoms with Crippen molar-refractivity contribution in [1.82, 2.24) is 20.2 Å². The van der Waals surface area contributed by atoms with Gasteiger partial charge >= 0.3 is 0 Å². The standard InChI is InChI=1S/C14H17N5O2S/c1-10-6-8-11(9-7-10)22(20,21)19-13-5-3-2-4-12(13)18-14(19)15-16-17-18/h6-9,12-13H,2-5H2,1H3/t12-,13-/m1/s1. The number of anilines is 1. The van der Waals surface area contributed by atoms with Crippen LogP contribution in [0.1, 0.15) is 37.3 Å². The number of aryl methyl sites for hydroxylation is 1. The monoisotopic (exact) mass is 319 g/mol. The third-order valence-corrected chi connectivity index (χ3v) is 6.38. The topological polar surface area (TPSA) is 81.0 Å². The van der Waals surface area contributed by atoms with Crippen LogP contribution in [0, 0.1) is 6.92 Å². The lowest BCUT2D eigenvalue weighted by atomic mass is 9.92. The minimum absolute atomic E-state index is 0.0546. The highest BCUT2D eigenvalue weighted by atomic mass is 32.2. The van der Waals surface area contributed by atoms with E-state index in [4.69, 9.17) is 0 Å².